The Kier molecular flexibility index (Phi) is 6.69. The Morgan fingerprint density at radius 3 is 2.22 bits per heavy atom. The van der Waals surface area contributed by atoms with Crippen LogP contribution in [0.25, 0.3) is 0 Å². The van der Waals surface area contributed by atoms with Gasteiger partial charge in [0, 0.05) is 16.4 Å². The molecule has 0 spiro atoms. The van der Waals surface area contributed by atoms with Gasteiger partial charge >= 0.3 is 6.09 Å². The zero-order chi connectivity index (χ0) is 21.3. The van der Waals surface area contributed by atoms with Crippen molar-refractivity contribution in [3.8, 4) is 0 Å². The van der Waals surface area contributed by atoms with E-state index in [4.69, 9.17) is 9.26 Å². The summed E-state index contributed by atoms with van der Waals surface area (Å²) in [6, 6.07) is 0. The van der Waals surface area contributed by atoms with Crippen molar-refractivity contribution in [3.63, 3.8) is 0 Å². The van der Waals surface area contributed by atoms with Gasteiger partial charge in [-0.05, 0) is 38.9 Å². The fourth-order valence-corrected chi connectivity index (χ4v) is 3.12. The molecule has 0 unspecified atom stereocenters. The van der Waals surface area contributed by atoms with Crippen LogP contribution in [0.5, 0.6) is 0 Å². The van der Waals surface area contributed by atoms with Gasteiger partial charge in [0.1, 0.15) is 17.9 Å². The monoisotopic (exact) mass is 403 g/mol. The van der Waals surface area contributed by atoms with Crippen LogP contribution in [-0.4, -0.2) is 49.0 Å². The molecule has 0 radical (unpaired) electrons. The molecule has 1 aliphatic rings. The number of guanidine groups is 1. The zero-order valence-corrected chi connectivity index (χ0v) is 19.2. The molecular weight excluding hydrogens is 368 g/mol. The van der Waals surface area contributed by atoms with Crippen molar-refractivity contribution in [1.29, 1.82) is 0 Å². The van der Waals surface area contributed by atoms with Gasteiger partial charge in [-0.3, -0.25) is 10.1 Å². The fourth-order valence-electron chi connectivity index (χ4n) is 1.86. The number of hydroxylamine groups is 1. The fraction of sp³-hybridized carbons (Fsp3) is 0.812. The Morgan fingerprint density at radius 1 is 1.22 bits per heavy atom. The van der Waals surface area contributed by atoms with E-state index in [0.29, 0.717) is 6.42 Å². The van der Waals surface area contributed by atoms with E-state index in [9.17, 15) is 9.59 Å². The van der Waals surface area contributed by atoms with E-state index < -0.39 is 24.9 Å². The molecule has 1 heterocycles. The molecular formula is C16H35N6O4Si+. The number of nitrogens with one attached hydrogen (secondary N) is 3. The first-order valence-electron chi connectivity index (χ1n) is 9.03. The predicted octanol–water partition coefficient (Wildman–Crippen LogP) is 2.34. The van der Waals surface area contributed by atoms with Gasteiger partial charge < -0.3 is 4.74 Å². The highest BCUT2D eigenvalue weighted by atomic mass is 28.4. The first-order chi connectivity index (χ1) is 12.0. The highest BCUT2D eigenvalue weighted by Crippen LogP contribution is 2.39. The van der Waals surface area contributed by atoms with E-state index in [1.54, 1.807) is 34.7 Å². The number of hydrogen-bond donors (Lipinski definition) is 3. The lowest BCUT2D eigenvalue weighted by Gasteiger charge is -2.39. The molecule has 3 N–H and O–H groups in total. The topological polar surface area (TPSA) is 104 Å². The van der Waals surface area contributed by atoms with Crippen LogP contribution in [0.4, 0.5) is 4.79 Å². The highest BCUT2D eigenvalue weighted by Gasteiger charge is 2.53. The highest BCUT2D eigenvalue weighted by molar-refractivity contribution is 6.73. The van der Waals surface area contributed by atoms with Crippen LogP contribution in [0, 0.1) is 0 Å². The van der Waals surface area contributed by atoms with Crippen molar-refractivity contribution < 1.29 is 23.7 Å². The lowest BCUT2D eigenvalue weighted by atomic mass is 10.2. The number of hydrazine groups is 2. The summed E-state index contributed by atoms with van der Waals surface area (Å²) in [7, 11) is -0.618. The van der Waals surface area contributed by atoms with Crippen molar-refractivity contribution >= 4 is 26.3 Å². The summed E-state index contributed by atoms with van der Waals surface area (Å²) in [5, 5.41) is 8.24. The Hall–Kier alpha value is -1.69. The van der Waals surface area contributed by atoms with Crippen LogP contribution in [0.3, 0.4) is 0 Å². The third-order valence-corrected chi connectivity index (χ3v) is 8.67. The first-order valence-corrected chi connectivity index (χ1v) is 11.9. The third-order valence-electron chi connectivity index (χ3n) is 4.25. The summed E-state index contributed by atoms with van der Waals surface area (Å²) in [5.74, 6) is -0.0293. The molecule has 1 aliphatic heterocycles. The van der Waals surface area contributed by atoms with Crippen LogP contribution < -0.4 is 16.2 Å². The molecule has 11 heteroatoms. The molecule has 0 aromatic carbocycles. The van der Waals surface area contributed by atoms with Gasteiger partial charge in [0.05, 0.1) is 0 Å². The molecule has 0 aromatic rings. The van der Waals surface area contributed by atoms with Gasteiger partial charge in [-0.15, -0.1) is 0 Å². The lowest BCUT2D eigenvalue weighted by Crippen LogP contribution is -2.67. The first kappa shape index (κ1) is 23.3. The summed E-state index contributed by atoms with van der Waals surface area (Å²) in [5.41, 5.74) is 4.77. The van der Waals surface area contributed by atoms with E-state index >= 15 is 0 Å². The van der Waals surface area contributed by atoms with E-state index in [1.807, 2.05) is 0 Å². The molecule has 0 saturated heterocycles. The minimum Gasteiger partial charge on any atom is -0.443 e. The molecule has 0 fully saturated rings. The molecule has 0 bridgehead atoms. The Bertz CT molecular complexity index is 611. The summed E-state index contributed by atoms with van der Waals surface area (Å²) >= 11 is 0. The number of rotatable bonds is 4. The minimum atomic E-state index is -2.28. The zero-order valence-electron chi connectivity index (χ0n) is 18.2. The normalized spacial score (nSPS) is 21.3. The van der Waals surface area contributed by atoms with E-state index in [-0.39, 0.29) is 16.9 Å². The Balaban J connectivity index is 3.09. The summed E-state index contributed by atoms with van der Waals surface area (Å²) in [6.07, 6.45) is -0.371. The second-order valence-corrected chi connectivity index (χ2v) is 13.8. The summed E-state index contributed by atoms with van der Waals surface area (Å²) in [6.45, 7) is 17.5. The molecule has 0 aromatic heterocycles. The van der Waals surface area contributed by atoms with Gasteiger partial charge in [0.2, 0.25) is 5.91 Å². The smallest absolute Gasteiger partial charge is 0.428 e. The van der Waals surface area contributed by atoms with E-state index in [2.05, 4.69) is 55.1 Å². The van der Waals surface area contributed by atoms with Crippen molar-refractivity contribution in [2.75, 3.05) is 7.05 Å². The second kappa shape index (κ2) is 7.74. The largest absolute Gasteiger partial charge is 0.443 e. The quantitative estimate of drug-likeness (QED) is 0.492. The van der Waals surface area contributed by atoms with Gasteiger partial charge in [-0.25, -0.2) is 14.7 Å². The maximum absolute atomic E-state index is 12.2. The van der Waals surface area contributed by atoms with Crippen molar-refractivity contribution in [1.82, 2.24) is 21.4 Å². The van der Waals surface area contributed by atoms with Gasteiger partial charge in [-0.1, -0.05) is 27.7 Å². The third kappa shape index (κ3) is 6.45. The van der Waals surface area contributed by atoms with Crippen molar-refractivity contribution in [3.05, 3.63) is 0 Å². The van der Waals surface area contributed by atoms with Gasteiger partial charge in [0.15, 0.2) is 0 Å². The average Bonchev–Trinajstić information content (AvgIpc) is 2.69. The molecule has 156 valence electrons. The van der Waals surface area contributed by atoms with E-state index in [0.717, 1.165) is 0 Å². The molecule has 2 amide bonds. The number of carbonyl (C=O) groups is 2. The molecule has 27 heavy (non-hydrogen) atoms. The second-order valence-electron chi connectivity index (χ2n) is 9.07. The Morgan fingerprint density at radius 2 is 1.78 bits per heavy atom. The predicted molar refractivity (Wildman–Crippen MR) is 105 cm³/mol. The van der Waals surface area contributed by atoms with Gasteiger partial charge in [0.25, 0.3) is 14.3 Å². The minimum absolute atomic E-state index is 0.0865. The molecule has 1 atom stereocenters. The van der Waals surface area contributed by atoms with Crippen LogP contribution in [0.1, 0.15) is 54.9 Å². The average molecular weight is 404 g/mol. The lowest BCUT2D eigenvalue weighted by molar-refractivity contribution is -1.17. The number of amides is 2. The number of ether oxygens (including phenoxy) is 1. The van der Waals surface area contributed by atoms with Gasteiger partial charge in [-0.2, -0.15) is 5.43 Å². The Labute approximate surface area is 162 Å². The number of hydrogen-bond acceptors (Lipinski definition) is 7. The molecule has 10 nitrogen and oxygen atoms in total. The van der Waals surface area contributed by atoms with Crippen LogP contribution >= 0.6 is 0 Å². The number of carbonyl (C=O) groups excluding carboxylic acids is 2. The number of nitrogens with zero attached hydrogens (tertiary/aromatic N) is 3. The summed E-state index contributed by atoms with van der Waals surface area (Å²) < 4.78 is 11.7. The standard InChI is InChI=1S/C16H34N6O4Si/c1-11-12(23)17-13-18-21(19-14(24)25-15(2,3)4)22(8,20-13)26-27(9,10)16(5,6)7/h11H2,1-10H3,(H2-,17,18,19,20,23,24)/p+1/t22-/m1/s1. The summed E-state index contributed by atoms with van der Waals surface area (Å²) in [4.78, 5) is 23.5. The molecule has 0 aliphatic carbocycles. The maximum Gasteiger partial charge on any atom is 0.428 e. The van der Waals surface area contributed by atoms with Crippen molar-refractivity contribution in [2.24, 2.45) is 5.10 Å². The van der Waals surface area contributed by atoms with Crippen LogP contribution in [0.2, 0.25) is 18.1 Å². The van der Waals surface area contributed by atoms with E-state index in [1.165, 1.54) is 5.23 Å². The molecule has 0 saturated carbocycles. The number of quaternary nitrogens is 1. The van der Waals surface area contributed by atoms with Crippen LogP contribution in [0.15, 0.2) is 5.10 Å². The molecule has 1 rings (SSSR count). The van der Waals surface area contributed by atoms with Crippen LogP contribution in [-0.2, 0) is 14.1 Å². The van der Waals surface area contributed by atoms with Crippen molar-refractivity contribution in [2.45, 2.75) is 78.6 Å². The SMILES string of the molecule is CCC(=O)NC1=N[N@@+](C)(O[Si](C)(C)C(C)(C)C)N(NC(=O)OC(C)(C)C)N1. The maximum atomic E-state index is 12.2.